The van der Waals surface area contributed by atoms with Crippen LogP contribution >= 0.6 is 0 Å². The van der Waals surface area contributed by atoms with Gasteiger partial charge in [-0.1, -0.05) is 52.3 Å². The first kappa shape index (κ1) is 27.0. The second kappa shape index (κ2) is 13.4. The van der Waals surface area contributed by atoms with Crippen LogP contribution in [0.5, 0.6) is 5.75 Å². The number of benzene rings is 1. The molecule has 1 atom stereocenters. The van der Waals surface area contributed by atoms with E-state index in [2.05, 4.69) is 60.1 Å². The third kappa shape index (κ3) is 6.86. The summed E-state index contributed by atoms with van der Waals surface area (Å²) >= 11 is 0. The number of methoxy groups -OCH3 is 1. The van der Waals surface area contributed by atoms with Crippen LogP contribution in [0.15, 0.2) is 60.1 Å². The average Bonchev–Trinajstić information content (AvgIpc) is 2.87. The topological polar surface area (TPSA) is 59.9 Å². The maximum absolute atomic E-state index is 13.3. The number of aromatic nitrogens is 3. The van der Waals surface area contributed by atoms with E-state index in [1.165, 1.54) is 29.7 Å². The fourth-order valence-electron chi connectivity index (χ4n) is 3.62. The second-order valence-electron chi connectivity index (χ2n) is 7.90. The number of pyridine rings is 1. The predicted octanol–water partition coefficient (Wildman–Crippen LogP) is 7.61. The highest BCUT2D eigenvalue weighted by Crippen LogP contribution is 2.33. The molecular weight excluding hydrogens is 427 g/mol. The zero-order valence-corrected chi connectivity index (χ0v) is 21.4. The van der Waals surface area contributed by atoms with E-state index in [0.717, 1.165) is 29.6 Å². The number of ether oxygens (including phenoxy) is 1. The Bertz CT molecular complexity index is 1120. The fourth-order valence-corrected chi connectivity index (χ4v) is 3.62. The van der Waals surface area contributed by atoms with Gasteiger partial charge < -0.3 is 10.1 Å². The van der Waals surface area contributed by atoms with Crippen LogP contribution < -0.4 is 10.1 Å². The molecule has 0 saturated heterocycles. The van der Waals surface area contributed by atoms with Crippen LogP contribution in [0.2, 0.25) is 0 Å². The molecular formula is C28H37FN4O. The fraction of sp³-hybridized carbons (Fsp3) is 0.393. The van der Waals surface area contributed by atoms with Gasteiger partial charge in [0, 0.05) is 17.5 Å². The van der Waals surface area contributed by atoms with Gasteiger partial charge in [0.1, 0.15) is 29.2 Å². The Balaban J connectivity index is 0.00000199. The molecule has 5 nitrogen and oxygen atoms in total. The van der Waals surface area contributed by atoms with Crippen LogP contribution in [-0.2, 0) is 0 Å². The van der Waals surface area contributed by atoms with Crippen molar-refractivity contribution in [3.05, 3.63) is 65.9 Å². The minimum absolute atomic E-state index is 0.371. The van der Waals surface area contributed by atoms with Gasteiger partial charge in [0.2, 0.25) is 0 Å². The molecule has 0 amide bonds. The Labute approximate surface area is 203 Å². The van der Waals surface area contributed by atoms with Crippen molar-refractivity contribution in [2.75, 3.05) is 19.0 Å². The Kier molecular flexibility index (Phi) is 10.7. The Morgan fingerprint density at radius 1 is 1.15 bits per heavy atom. The van der Waals surface area contributed by atoms with Crippen molar-refractivity contribution >= 4 is 16.7 Å². The summed E-state index contributed by atoms with van der Waals surface area (Å²) in [6.07, 6.45) is 9.32. The highest BCUT2D eigenvalue weighted by Gasteiger charge is 2.14. The number of hydrogen-bond acceptors (Lipinski definition) is 5. The summed E-state index contributed by atoms with van der Waals surface area (Å²) in [5.41, 5.74) is 4.77. The van der Waals surface area contributed by atoms with Crippen molar-refractivity contribution in [2.24, 2.45) is 5.92 Å². The van der Waals surface area contributed by atoms with Crippen LogP contribution in [0.1, 0.15) is 54.4 Å². The molecule has 0 bridgehead atoms. The Morgan fingerprint density at radius 3 is 2.53 bits per heavy atom. The number of hydrogen-bond donors (Lipinski definition) is 1. The molecule has 182 valence electrons. The van der Waals surface area contributed by atoms with E-state index in [0.29, 0.717) is 29.4 Å². The standard InChI is InChI=1S/C26H31FN4O.C2H6/c1-6-8-17(3)11-20(18(4)7-2)14-29-26-22-12-19(23-10-9-21(27)15-28-23)13-24(32-5)25(22)30-16-31-26;1-2/h8-13,15-16,18H,6-7,14H2,1-5H3,(H,29,30,31);1-2H3/b17-8-,20-11-;. The molecule has 2 heterocycles. The van der Waals surface area contributed by atoms with Gasteiger partial charge in [-0.15, -0.1) is 0 Å². The molecule has 0 aliphatic carbocycles. The molecule has 0 radical (unpaired) electrons. The van der Waals surface area contributed by atoms with Crippen molar-refractivity contribution in [1.82, 2.24) is 15.0 Å². The van der Waals surface area contributed by atoms with Crippen LogP contribution in [0, 0.1) is 11.7 Å². The Hall–Kier alpha value is -3.28. The number of halogens is 1. The lowest BCUT2D eigenvalue weighted by Crippen LogP contribution is -2.12. The quantitative estimate of drug-likeness (QED) is 0.330. The molecule has 0 spiro atoms. The van der Waals surface area contributed by atoms with Gasteiger partial charge in [0.05, 0.1) is 19.0 Å². The lowest BCUT2D eigenvalue weighted by molar-refractivity contribution is 0.419. The molecule has 3 aromatic rings. The molecule has 0 saturated carbocycles. The summed E-state index contributed by atoms with van der Waals surface area (Å²) in [7, 11) is 1.61. The molecule has 34 heavy (non-hydrogen) atoms. The normalized spacial score (nSPS) is 12.7. The molecule has 0 fully saturated rings. The minimum Gasteiger partial charge on any atom is -0.494 e. The summed E-state index contributed by atoms with van der Waals surface area (Å²) in [5.74, 6) is 1.42. The van der Waals surface area contributed by atoms with Gasteiger partial charge in [-0.05, 0) is 55.5 Å². The summed E-state index contributed by atoms with van der Waals surface area (Å²) in [6, 6.07) is 6.88. The van der Waals surface area contributed by atoms with E-state index in [1.54, 1.807) is 13.2 Å². The molecule has 1 unspecified atom stereocenters. The van der Waals surface area contributed by atoms with E-state index in [9.17, 15) is 4.39 Å². The monoisotopic (exact) mass is 464 g/mol. The third-order valence-electron chi connectivity index (χ3n) is 5.59. The number of nitrogens with one attached hydrogen (secondary N) is 1. The summed E-state index contributed by atoms with van der Waals surface area (Å²) in [4.78, 5) is 13.1. The van der Waals surface area contributed by atoms with Crippen LogP contribution in [0.25, 0.3) is 22.2 Å². The first-order valence-electron chi connectivity index (χ1n) is 12.0. The average molecular weight is 465 g/mol. The second-order valence-corrected chi connectivity index (χ2v) is 7.90. The SMILES string of the molecule is CC.CC/C=C(C)\C=C(\CNc1ncnc2c(OC)cc(-c3ccc(F)cn3)cc12)C(C)CC. The molecule has 2 aromatic heterocycles. The molecule has 1 aromatic carbocycles. The largest absolute Gasteiger partial charge is 0.494 e. The van der Waals surface area contributed by atoms with Gasteiger partial charge in [-0.2, -0.15) is 0 Å². The van der Waals surface area contributed by atoms with E-state index in [1.807, 2.05) is 26.0 Å². The van der Waals surface area contributed by atoms with Crippen molar-refractivity contribution in [1.29, 1.82) is 0 Å². The number of fused-ring (bicyclic) bond motifs is 1. The van der Waals surface area contributed by atoms with Gasteiger partial charge in [-0.25, -0.2) is 14.4 Å². The van der Waals surface area contributed by atoms with Crippen LogP contribution in [0.3, 0.4) is 0 Å². The van der Waals surface area contributed by atoms with E-state index < -0.39 is 0 Å². The van der Waals surface area contributed by atoms with Crippen molar-refractivity contribution in [3.63, 3.8) is 0 Å². The highest BCUT2D eigenvalue weighted by atomic mass is 19.1. The number of nitrogens with zero attached hydrogens (tertiary/aromatic N) is 3. The first-order chi connectivity index (χ1) is 16.5. The van der Waals surface area contributed by atoms with Gasteiger partial charge >= 0.3 is 0 Å². The van der Waals surface area contributed by atoms with E-state index in [4.69, 9.17) is 4.74 Å². The maximum Gasteiger partial charge on any atom is 0.145 e. The molecule has 0 aliphatic heterocycles. The smallest absolute Gasteiger partial charge is 0.145 e. The summed E-state index contributed by atoms with van der Waals surface area (Å²) in [6.45, 7) is 13.4. The minimum atomic E-state index is -0.371. The molecule has 0 aliphatic rings. The van der Waals surface area contributed by atoms with E-state index >= 15 is 0 Å². The lowest BCUT2D eigenvalue weighted by atomic mass is 9.96. The van der Waals surface area contributed by atoms with Crippen LogP contribution in [0.4, 0.5) is 10.2 Å². The van der Waals surface area contributed by atoms with Crippen LogP contribution in [-0.4, -0.2) is 28.6 Å². The lowest BCUT2D eigenvalue weighted by Gasteiger charge is -2.17. The highest BCUT2D eigenvalue weighted by molar-refractivity contribution is 5.96. The van der Waals surface area contributed by atoms with Gasteiger partial charge in [0.25, 0.3) is 0 Å². The summed E-state index contributed by atoms with van der Waals surface area (Å²) in [5, 5.41) is 4.34. The van der Waals surface area contributed by atoms with E-state index in [-0.39, 0.29) is 5.82 Å². The molecule has 3 rings (SSSR count). The number of allylic oxidation sites excluding steroid dienone is 3. The number of anilines is 1. The maximum atomic E-state index is 13.3. The molecule has 1 N–H and O–H groups in total. The van der Waals surface area contributed by atoms with Gasteiger partial charge in [0.15, 0.2) is 0 Å². The zero-order valence-electron chi connectivity index (χ0n) is 21.4. The first-order valence-corrected chi connectivity index (χ1v) is 12.0. The zero-order chi connectivity index (χ0) is 25.1. The number of rotatable bonds is 9. The van der Waals surface area contributed by atoms with Crippen molar-refractivity contribution in [3.8, 4) is 17.0 Å². The van der Waals surface area contributed by atoms with Crippen molar-refractivity contribution in [2.45, 2.75) is 54.4 Å². The Morgan fingerprint density at radius 2 is 1.91 bits per heavy atom. The third-order valence-corrected chi connectivity index (χ3v) is 5.59. The molecule has 6 heteroatoms. The predicted molar refractivity (Wildman–Crippen MR) is 141 cm³/mol. The van der Waals surface area contributed by atoms with Crippen molar-refractivity contribution < 1.29 is 9.13 Å². The van der Waals surface area contributed by atoms with Gasteiger partial charge in [-0.3, -0.25) is 4.98 Å². The summed E-state index contributed by atoms with van der Waals surface area (Å²) < 4.78 is 18.9.